The molecule has 7 nitrogen and oxygen atoms in total. The van der Waals surface area contributed by atoms with Gasteiger partial charge >= 0.3 is 12.2 Å². The number of carbonyl (C=O) groups excluding carboxylic acids is 1. The first-order valence-corrected chi connectivity index (χ1v) is 11.0. The number of aromatic nitrogens is 3. The number of nitrogens with one attached hydrogen (secondary N) is 2. The number of anilines is 1. The van der Waals surface area contributed by atoms with Gasteiger partial charge in [0, 0.05) is 47.2 Å². The van der Waals surface area contributed by atoms with E-state index in [9.17, 15) is 18.0 Å². The van der Waals surface area contributed by atoms with Gasteiger partial charge in [0.25, 0.3) is 0 Å². The molecule has 1 saturated heterocycles. The zero-order chi connectivity index (χ0) is 23.3. The summed E-state index contributed by atoms with van der Waals surface area (Å²) in [7, 11) is 0. The van der Waals surface area contributed by atoms with Crippen LogP contribution in [-0.4, -0.2) is 62.9 Å². The summed E-state index contributed by atoms with van der Waals surface area (Å²) in [6, 6.07) is 7.30. The Morgan fingerprint density at radius 2 is 1.91 bits per heavy atom. The highest BCUT2D eigenvalue weighted by Gasteiger charge is 2.37. The van der Waals surface area contributed by atoms with E-state index in [4.69, 9.17) is 0 Å². The Labute approximate surface area is 189 Å². The molecule has 5 rings (SSSR count). The molecule has 10 heteroatoms. The van der Waals surface area contributed by atoms with Crippen LogP contribution in [0.1, 0.15) is 29.8 Å². The minimum Gasteiger partial charge on any atom is -0.316 e. The maximum absolute atomic E-state index is 12.9. The average molecular weight is 458 g/mol. The van der Waals surface area contributed by atoms with Crippen molar-refractivity contribution in [2.75, 3.05) is 25.0 Å². The molecule has 1 aromatic carbocycles. The molecule has 0 saturated carbocycles. The highest BCUT2D eigenvalue weighted by Crippen LogP contribution is 2.35. The van der Waals surface area contributed by atoms with Gasteiger partial charge in [0.2, 0.25) is 0 Å². The lowest BCUT2D eigenvalue weighted by Gasteiger charge is -2.41. The van der Waals surface area contributed by atoms with E-state index in [2.05, 4.69) is 20.5 Å². The molecule has 2 aliphatic heterocycles. The van der Waals surface area contributed by atoms with Crippen LogP contribution in [0.25, 0.3) is 22.2 Å². The van der Waals surface area contributed by atoms with Gasteiger partial charge in [-0.25, -0.2) is 4.79 Å². The van der Waals surface area contributed by atoms with Crippen molar-refractivity contribution in [1.29, 1.82) is 0 Å². The van der Waals surface area contributed by atoms with Gasteiger partial charge in [-0.2, -0.15) is 18.3 Å². The molecule has 33 heavy (non-hydrogen) atoms. The van der Waals surface area contributed by atoms with E-state index in [1.165, 1.54) is 4.90 Å². The molecule has 1 atom stereocenters. The van der Waals surface area contributed by atoms with E-state index in [0.717, 1.165) is 39.1 Å². The fraction of sp³-hybridized carbons (Fsp3) is 0.435. The topological polar surface area (TPSA) is 77.2 Å². The molecule has 2 aromatic heterocycles. The third-order valence-corrected chi connectivity index (χ3v) is 6.31. The van der Waals surface area contributed by atoms with E-state index in [1.54, 1.807) is 4.90 Å². The van der Waals surface area contributed by atoms with Crippen molar-refractivity contribution < 1.29 is 18.0 Å². The predicted molar refractivity (Wildman–Crippen MR) is 119 cm³/mol. The van der Waals surface area contributed by atoms with E-state index in [-0.39, 0.29) is 18.6 Å². The molecular weight excluding hydrogens is 433 g/mol. The third kappa shape index (κ3) is 4.39. The molecule has 0 unspecified atom stereocenters. The van der Waals surface area contributed by atoms with Gasteiger partial charge in [-0.05, 0) is 63.1 Å². The number of alkyl halides is 3. The number of hydrogen-bond donors (Lipinski definition) is 2. The number of piperidine rings is 1. The number of likely N-dealkylation sites (tertiary alicyclic amines) is 1. The smallest absolute Gasteiger partial charge is 0.316 e. The van der Waals surface area contributed by atoms with Crippen LogP contribution < -0.4 is 5.32 Å². The number of carbonyl (C=O) groups is 1. The Morgan fingerprint density at radius 3 is 2.64 bits per heavy atom. The predicted octanol–water partition coefficient (Wildman–Crippen LogP) is 4.62. The number of aryl methyl sites for hydroxylation is 2. The second-order valence-corrected chi connectivity index (χ2v) is 8.97. The van der Waals surface area contributed by atoms with Gasteiger partial charge in [-0.3, -0.25) is 15.0 Å². The zero-order valence-electron chi connectivity index (χ0n) is 18.5. The normalized spacial score (nSPS) is 19.6. The summed E-state index contributed by atoms with van der Waals surface area (Å²) in [6.45, 7) is 3.89. The van der Waals surface area contributed by atoms with Gasteiger partial charge in [-0.15, -0.1) is 0 Å². The number of amides is 2. The number of halogens is 3. The lowest BCUT2D eigenvalue weighted by atomic mass is 9.99. The van der Waals surface area contributed by atoms with Crippen molar-refractivity contribution in [3.05, 3.63) is 41.2 Å². The van der Waals surface area contributed by atoms with Gasteiger partial charge < -0.3 is 10.2 Å². The number of pyridine rings is 1. The molecule has 174 valence electrons. The van der Waals surface area contributed by atoms with E-state index >= 15 is 0 Å². The first kappa shape index (κ1) is 21.7. The fourth-order valence-electron chi connectivity index (χ4n) is 4.97. The molecule has 0 radical (unpaired) electrons. The van der Waals surface area contributed by atoms with Crippen molar-refractivity contribution >= 4 is 22.6 Å². The number of rotatable bonds is 3. The summed E-state index contributed by atoms with van der Waals surface area (Å²) >= 11 is 0. The van der Waals surface area contributed by atoms with Crippen LogP contribution in [-0.2, 0) is 6.54 Å². The maximum Gasteiger partial charge on any atom is 0.401 e. The van der Waals surface area contributed by atoms with Crippen LogP contribution in [0.2, 0.25) is 0 Å². The molecule has 2 N–H and O–H groups in total. The summed E-state index contributed by atoms with van der Waals surface area (Å²) in [5.74, 6) is 0. The second kappa shape index (κ2) is 8.02. The highest BCUT2D eigenvalue weighted by molar-refractivity contribution is 6.00. The molecule has 0 aliphatic carbocycles. The Morgan fingerprint density at radius 1 is 1.15 bits per heavy atom. The van der Waals surface area contributed by atoms with E-state index in [0.29, 0.717) is 31.6 Å². The van der Waals surface area contributed by atoms with Gasteiger partial charge in [0.15, 0.2) is 0 Å². The molecule has 1 fully saturated rings. The third-order valence-electron chi connectivity index (χ3n) is 6.31. The molecule has 0 spiro atoms. The monoisotopic (exact) mass is 458 g/mol. The second-order valence-electron chi connectivity index (χ2n) is 8.97. The van der Waals surface area contributed by atoms with Gasteiger partial charge in [0.05, 0.1) is 12.1 Å². The number of benzene rings is 1. The van der Waals surface area contributed by atoms with Gasteiger partial charge in [-0.1, -0.05) is 0 Å². The number of nitrogens with zero attached hydrogens (tertiary/aromatic N) is 4. The quantitative estimate of drug-likeness (QED) is 0.601. The summed E-state index contributed by atoms with van der Waals surface area (Å²) in [5.41, 5.74) is 5.98. The maximum atomic E-state index is 12.9. The van der Waals surface area contributed by atoms with Crippen LogP contribution in [0.4, 0.5) is 23.7 Å². The fourth-order valence-corrected chi connectivity index (χ4v) is 4.97. The lowest BCUT2D eigenvalue weighted by molar-refractivity contribution is -0.149. The van der Waals surface area contributed by atoms with Crippen molar-refractivity contribution in [3.8, 4) is 11.3 Å². The molecule has 2 aliphatic rings. The van der Waals surface area contributed by atoms with Crippen molar-refractivity contribution in [2.24, 2.45) is 0 Å². The Balaban J connectivity index is 1.44. The van der Waals surface area contributed by atoms with E-state index < -0.39 is 12.7 Å². The summed E-state index contributed by atoms with van der Waals surface area (Å²) in [4.78, 5) is 20.3. The standard InChI is InChI=1S/C23H25F3N6O/c1-13-6-15(7-14(2)27-13)21-18-8-16-10-32(22(33)28-19(16)9-20(18)29-30-21)17-4-3-5-31(11-17)12-23(24,25)26/h6-9,17H,3-5,10-12H2,1-2H3,(H,28,33)(H,29,30)/t17-/m1/s1. The Hall–Kier alpha value is -3.14. The highest BCUT2D eigenvalue weighted by atomic mass is 19.4. The SMILES string of the molecule is Cc1cc(-c2n[nH]c3cc4c(cc23)CN([C@@H]2CCCN(CC(F)(F)F)C2)C(=O)N4)cc(C)n1. The number of aromatic amines is 1. The number of hydrogen-bond acceptors (Lipinski definition) is 4. The van der Waals surface area contributed by atoms with Crippen LogP contribution in [0.15, 0.2) is 24.3 Å². The number of fused-ring (bicyclic) bond motifs is 2. The molecule has 2 amide bonds. The number of H-pyrrole nitrogens is 1. The zero-order valence-corrected chi connectivity index (χ0v) is 18.5. The summed E-state index contributed by atoms with van der Waals surface area (Å²) in [5, 5.41) is 11.4. The number of urea groups is 1. The van der Waals surface area contributed by atoms with Crippen LogP contribution >= 0.6 is 0 Å². The first-order valence-electron chi connectivity index (χ1n) is 11.0. The molecule has 4 heterocycles. The van der Waals surface area contributed by atoms with Crippen molar-refractivity contribution in [2.45, 2.75) is 45.5 Å². The van der Waals surface area contributed by atoms with Gasteiger partial charge in [0.1, 0.15) is 5.69 Å². The van der Waals surface area contributed by atoms with Crippen LogP contribution in [0, 0.1) is 13.8 Å². The van der Waals surface area contributed by atoms with E-state index in [1.807, 2.05) is 38.1 Å². The summed E-state index contributed by atoms with van der Waals surface area (Å²) in [6.07, 6.45) is -2.93. The average Bonchev–Trinajstić information content (AvgIpc) is 3.12. The minimum atomic E-state index is -4.24. The Bertz CT molecular complexity index is 1200. The lowest BCUT2D eigenvalue weighted by Crippen LogP contribution is -2.53. The largest absolute Gasteiger partial charge is 0.401 e. The first-order chi connectivity index (χ1) is 15.7. The minimum absolute atomic E-state index is 0.219. The molecule has 0 bridgehead atoms. The van der Waals surface area contributed by atoms with Crippen LogP contribution in [0.5, 0.6) is 0 Å². The molecular formula is C23H25F3N6O. The van der Waals surface area contributed by atoms with Crippen molar-refractivity contribution in [3.63, 3.8) is 0 Å². The summed E-state index contributed by atoms with van der Waals surface area (Å²) < 4.78 is 38.6. The van der Waals surface area contributed by atoms with Crippen LogP contribution in [0.3, 0.4) is 0 Å². The van der Waals surface area contributed by atoms with Crippen molar-refractivity contribution in [1.82, 2.24) is 25.0 Å². The molecule has 3 aromatic rings. The Kier molecular flexibility index (Phi) is 5.27.